The maximum atomic E-state index is 12.1. The monoisotopic (exact) mass is 342 g/mol. The van der Waals surface area contributed by atoms with Gasteiger partial charge in [0, 0.05) is 17.7 Å². The molecule has 2 rings (SSSR count). The molecule has 0 bridgehead atoms. The average Bonchev–Trinajstić information content (AvgIpc) is 2.61. The molecule has 2 aromatic rings. The first-order valence-corrected chi connectivity index (χ1v) is 8.16. The fourth-order valence-electron chi connectivity index (χ4n) is 2.16. The number of Topliss-reactive ketones (excluding diaryl/α,β-unsaturated/α-hetero) is 1. The molecule has 0 spiro atoms. The Balaban J connectivity index is 1.80. The largest absolute Gasteiger partial charge is 0.352 e. The van der Waals surface area contributed by atoms with Gasteiger partial charge in [-0.25, -0.2) is 0 Å². The Morgan fingerprint density at radius 3 is 2.32 bits per heavy atom. The number of ketones is 1. The highest BCUT2D eigenvalue weighted by molar-refractivity contribution is 5.94. The molecule has 1 heterocycles. The summed E-state index contributed by atoms with van der Waals surface area (Å²) in [7, 11) is 0. The van der Waals surface area contributed by atoms with E-state index in [9.17, 15) is 9.59 Å². The van der Waals surface area contributed by atoms with Gasteiger partial charge in [-0.15, -0.1) is 20.4 Å². The highest BCUT2D eigenvalue weighted by Crippen LogP contribution is 2.14. The number of aryl methyl sites for hydroxylation is 1. The number of carbonyl (C=O) groups excluding carboxylic acids is 2. The highest BCUT2D eigenvalue weighted by Gasteiger charge is 2.09. The lowest BCUT2D eigenvalue weighted by atomic mass is 10.1. The minimum Gasteiger partial charge on any atom is -0.352 e. The van der Waals surface area contributed by atoms with Crippen LogP contribution < -0.4 is 11.1 Å². The summed E-state index contributed by atoms with van der Waals surface area (Å²) in [5.74, 6) is 0.763. The van der Waals surface area contributed by atoms with Crippen molar-refractivity contribution in [2.45, 2.75) is 39.2 Å². The van der Waals surface area contributed by atoms with Crippen LogP contribution in [0.15, 0.2) is 24.3 Å². The van der Waals surface area contributed by atoms with Gasteiger partial charge in [-0.3, -0.25) is 9.59 Å². The topological polar surface area (TPSA) is 124 Å². The zero-order valence-corrected chi connectivity index (χ0v) is 14.4. The smallest absolute Gasteiger partial charge is 0.251 e. The fraction of sp³-hybridized carbons (Fsp3) is 0.412. The predicted molar refractivity (Wildman–Crippen MR) is 92.6 cm³/mol. The molecule has 8 heteroatoms. The van der Waals surface area contributed by atoms with Gasteiger partial charge in [0.05, 0.1) is 6.04 Å². The number of carbonyl (C=O) groups is 2. The number of unbranched alkanes of at least 4 members (excludes halogenated alkanes) is 1. The summed E-state index contributed by atoms with van der Waals surface area (Å²) in [5.41, 5.74) is 6.96. The highest BCUT2D eigenvalue weighted by atomic mass is 16.1. The van der Waals surface area contributed by atoms with E-state index in [-0.39, 0.29) is 11.7 Å². The number of aromatic nitrogens is 4. The van der Waals surface area contributed by atoms with Gasteiger partial charge in [0.1, 0.15) is 5.78 Å². The number of hydrogen-bond acceptors (Lipinski definition) is 7. The molecule has 0 saturated heterocycles. The van der Waals surface area contributed by atoms with Crippen LogP contribution in [0.4, 0.5) is 0 Å². The molecule has 8 nitrogen and oxygen atoms in total. The second-order valence-corrected chi connectivity index (χ2v) is 5.82. The number of nitrogens with zero attached hydrogens (tertiary/aromatic N) is 4. The lowest BCUT2D eigenvalue weighted by molar-refractivity contribution is -0.118. The van der Waals surface area contributed by atoms with E-state index >= 15 is 0 Å². The number of amides is 1. The summed E-state index contributed by atoms with van der Waals surface area (Å²) in [5, 5.41) is 18.5. The Hall–Kier alpha value is -2.74. The van der Waals surface area contributed by atoms with E-state index in [0.717, 1.165) is 18.4 Å². The van der Waals surface area contributed by atoms with Crippen LogP contribution in [0.5, 0.6) is 0 Å². The Kier molecular flexibility index (Phi) is 6.64. The van der Waals surface area contributed by atoms with Crippen LogP contribution in [0.3, 0.4) is 0 Å². The van der Waals surface area contributed by atoms with Gasteiger partial charge >= 0.3 is 0 Å². The van der Waals surface area contributed by atoms with E-state index in [2.05, 4.69) is 25.7 Å². The Bertz CT molecular complexity index is 715. The van der Waals surface area contributed by atoms with Crippen LogP contribution in [0, 0.1) is 6.92 Å². The molecule has 3 N–H and O–H groups in total. The predicted octanol–water partition coefficient (Wildman–Crippen LogP) is 1.06. The lowest BCUT2D eigenvalue weighted by Crippen LogP contribution is -2.29. The minimum atomic E-state index is -0.406. The molecular weight excluding hydrogens is 320 g/mol. The van der Waals surface area contributed by atoms with Gasteiger partial charge in [-0.2, -0.15) is 0 Å². The van der Waals surface area contributed by atoms with Crippen molar-refractivity contribution in [3.05, 3.63) is 35.7 Å². The van der Waals surface area contributed by atoms with Gasteiger partial charge in [-0.1, -0.05) is 12.1 Å². The number of nitrogens with two attached hydrogens (primary N) is 1. The maximum Gasteiger partial charge on any atom is 0.251 e. The zero-order valence-electron chi connectivity index (χ0n) is 14.4. The summed E-state index contributed by atoms with van der Waals surface area (Å²) in [6, 6.07) is 6.53. The van der Waals surface area contributed by atoms with Crippen LogP contribution in [0.25, 0.3) is 11.4 Å². The fourth-order valence-corrected chi connectivity index (χ4v) is 2.16. The molecule has 0 aliphatic heterocycles. The standard InChI is InChI=1S/C17H22N6O2/c1-11(24)15(18)5-3-4-10-19-17(25)14-8-6-13(7-9-14)16-22-20-12(2)21-23-16/h6-9,15H,3-5,10,18H2,1-2H3,(H,19,25). The van der Waals surface area contributed by atoms with Crippen LogP contribution in [-0.4, -0.2) is 44.7 Å². The van der Waals surface area contributed by atoms with Gasteiger partial charge in [-0.05, 0) is 45.2 Å². The number of rotatable bonds is 8. The molecule has 0 aliphatic carbocycles. The summed E-state index contributed by atoms with van der Waals surface area (Å²) in [6.45, 7) is 3.75. The molecule has 0 fully saturated rings. The number of nitrogens with one attached hydrogen (secondary N) is 1. The third-order valence-corrected chi connectivity index (χ3v) is 3.73. The zero-order chi connectivity index (χ0) is 18.2. The molecule has 1 aromatic heterocycles. The van der Waals surface area contributed by atoms with Crippen molar-refractivity contribution in [1.82, 2.24) is 25.7 Å². The van der Waals surface area contributed by atoms with Crippen molar-refractivity contribution in [2.75, 3.05) is 6.54 Å². The normalized spacial score (nSPS) is 11.8. The Morgan fingerprint density at radius 1 is 1.08 bits per heavy atom. The molecule has 0 radical (unpaired) electrons. The molecule has 0 aliphatic rings. The van der Waals surface area contributed by atoms with Gasteiger partial charge in [0.25, 0.3) is 5.91 Å². The van der Waals surface area contributed by atoms with Gasteiger partial charge in [0.15, 0.2) is 5.82 Å². The molecule has 1 unspecified atom stereocenters. The number of benzene rings is 1. The summed E-state index contributed by atoms with van der Waals surface area (Å²) >= 11 is 0. The molecule has 1 aromatic carbocycles. The van der Waals surface area contributed by atoms with Crippen molar-refractivity contribution in [1.29, 1.82) is 0 Å². The first-order valence-electron chi connectivity index (χ1n) is 8.16. The molecule has 0 saturated carbocycles. The molecule has 25 heavy (non-hydrogen) atoms. The van der Waals surface area contributed by atoms with Crippen molar-refractivity contribution in [2.24, 2.45) is 5.73 Å². The number of hydrogen-bond donors (Lipinski definition) is 2. The Labute approximate surface area is 146 Å². The summed E-state index contributed by atoms with van der Waals surface area (Å²) < 4.78 is 0. The summed E-state index contributed by atoms with van der Waals surface area (Å²) in [6.07, 6.45) is 2.21. The van der Waals surface area contributed by atoms with E-state index < -0.39 is 6.04 Å². The van der Waals surface area contributed by atoms with Crippen molar-refractivity contribution >= 4 is 11.7 Å². The average molecular weight is 342 g/mol. The molecule has 1 atom stereocenters. The van der Waals surface area contributed by atoms with Crippen LogP contribution >= 0.6 is 0 Å². The van der Waals surface area contributed by atoms with E-state index in [1.54, 1.807) is 31.2 Å². The van der Waals surface area contributed by atoms with E-state index in [0.29, 0.717) is 30.2 Å². The summed E-state index contributed by atoms with van der Waals surface area (Å²) in [4.78, 5) is 23.1. The Morgan fingerprint density at radius 2 is 1.72 bits per heavy atom. The SMILES string of the molecule is CC(=O)C(N)CCCCNC(=O)c1ccc(-c2nnc(C)nn2)cc1. The van der Waals surface area contributed by atoms with Crippen LogP contribution in [0.1, 0.15) is 42.4 Å². The van der Waals surface area contributed by atoms with Crippen molar-refractivity contribution in [3.8, 4) is 11.4 Å². The third-order valence-electron chi connectivity index (χ3n) is 3.73. The van der Waals surface area contributed by atoms with Crippen LogP contribution in [-0.2, 0) is 4.79 Å². The molecule has 132 valence electrons. The van der Waals surface area contributed by atoms with Crippen LogP contribution in [0.2, 0.25) is 0 Å². The lowest BCUT2D eigenvalue weighted by Gasteiger charge is -2.08. The molecule has 1 amide bonds. The van der Waals surface area contributed by atoms with E-state index in [4.69, 9.17) is 5.73 Å². The van der Waals surface area contributed by atoms with Crippen molar-refractivity contribution in [3.63, 3.8) is 0 Å². The minimum absolute atomic E-state index is 0.00733. The second kappa shape index (κ2) is 8.93. The van der Waals surface area contributed by atoms with Crippen molar-refractivity contribution < 1.29 is 9.59 Å². The quantitative estimate of drug-likeness (QED) is 0.687. The maximum absolute atomic E-state index is 12.1. The third kappa shape index (κ3) is 5.68. The first kappa shape index (κ1) is 18.6. The van der Waals surface area contributed by atoms with E-state index in [1.807, 2.05) is 0 Å². The van der Waals surface area contributed by atoms with Gasteiger partial charge in [0.2, 0.25) is 5.82 Å². The van der Waals surface area contributed by atoms with Gasteiger partial charge < -0.3 is 11.1 Å². The van der Waals surface area contributed by atoms with E-state index in [1.165, 1.54) is 6.92 Å². The molecular formula is C17H22N6O2. The first-order chi connectivity index (χ1) is 12.0. The second-order valence-electron chi connectivity index (χ2n) is 5.82.